The van der Waals surface area contributed by atoms with E-state index >= 15 is 0 Å². The van der Waals surface area contributed by atoms with Gasteiger partial charge in [-0.25, -0.2) is 4.79 Å². The first-order valence-corrected chi connectivity index (χ1v) is 7.55. The minimum atomic E-state index is -0.562. The van der Waals surface area contributed by atoms with Gasteiger partial charge in [0, 0.05) is 23.8 Å². The quantitative estimate of drug-likeness (QED) is 0.856. The number of ether oxygens (including phenoxy) is 2. The van der Waals surface area contributed by atoms with Crippen LogP contribution >= 0.6 is 0 Å². The number of carbonyl (C=O) groups is 2. The Balaban J connectivity index is 1.77. The van der Waals surface area contributed by atoms with Gasteiger partial charge in [-0.05, 0) is 18.2 Å². The molecule has 2 aliphatic heterocycles. The standard InChI is InChI=1S/C16H16N4O4/c1-23-13-5-8-10(4-9(13)15(17)21)18-3-2-12(8)20-6-11-14(7-20)24-16(22)19-11/h2-5,11,14H,6-7H2,1H3,(H2,17,21)(H,19,22)/t11-,14+/m1/s1. The summed E-state index contributed by atoms with van der Waals surface area (Å²) in [6, 6.07) is 5.28. The first-order chi connectivity index (χ1) is 11.6. The number of amides is 2. The average Bonchev–Trinajstić information content (AvgIpc) is 3.10. The lowest BCUT2D eigenvalue weighted by Crippen LogP contribution is -2.32. The summed E-state index contributed by atoms with van der Waals surface area (Å²) in [4.78, 5) is 29.3. The molecule has 2 amide bonds. The third kappa shape index (κ3) is 2.18. The monoisotopic (exact) mass is 328 g/mol. The highest BCUT2D eigenvalue weighted by Gasteiger charge is 2.42. The number of hydrogen-bond acceptors (Lipinski definition) is 6. The van der Waals surface area contributed by atoms with Gasteiger partial charge in [-0.3, -0.25) is 9.78 Å². The molecule has 3 heterocycles. The van der Waals surface area contributed by atoms with Crippen molar-refractivity contribution in [1.29, 1.82) is 0 Å². The summed E-state index contributed by atoms with van der Waals surface area (Å²) >= 11 is 0. The van der Waals surface area contributed by atoms with Gasteiger partial charge in [-0.1, -0.05) is 0 Å². The third-order valence-electron chi connectivity index (χ3n) is 4.47. The molecule has 8 heteroatoms. The number of nitrogens with one attached hydrogen (secondary N) is 1. The van der Waals surface area contributed by atoms with E-state index in [0.717, 1.165) is 11.1 Å². The first kappa shape index (κ1) is 14.6. The molecule has 2 aliphatic rings. The Bertz CT molecular complexity index is 837. The fourth-order valence-corrected chi connectivity index (χ4v) is 3.35. The van der Waals surface area contributed by atoms with Crippen molar-refractivity contribution < 1.29 is 19.1 Å². The van der Waals surface area contributed by atoms with Crippen LogP contribution in [-0.4, -0.2) is 49.3 Å². The number of nitrogens with zero attached hydrogens (tertiary/aromatic N) is 2. The molecule has 2 fully saturated rings. The second kappa shape index (κ2) is 5.26. The number of aromatic nitrogens is 1. The number of fused-ring (bicyclic) bond motifs is 2. The Hall–Kier alpha value is -3.03. The van der Waals surface area contributed by atoms with Crippen molar-refractivity contribution in [2.24, 2.45) is 5.73 Å². The van der Waals surface area contributed by atoms with Crippen LogP contribution in [0.5, 0.6) is 5.75 Å². The van der Waals surface area contributed by atoms with E-state index in [4.69, 9.17) is 15.2 Å². The van der Waals surface area contributed by atoms with Crippen LogP contribution in [0.25, 0.3) is 10.9 Å². The molecule has 1 aromatic heterocycles. The van der Waals surface area contributed by atoms with Crippen LogP contribution in [-0.2, 0) is 4.74 Å². The molecule has 4 rings (SSSR count). The van der Waals surface area contributed by atoms with Gasteiger partial charge in [0.15, 0.2) is 0 Å². The Labute approximate surface area is 137 Å². The maximum Gasteiger partial charge on any atom is 0.407 e. The molecule has 0 unspecified atom stereocenters. The normalized spacial score (nSPS) is 22.2. The van der Waals surface area contributed by atoms with Crippen molar-refractivity contribution in [3.05, 3.63) is 30.0 Å². The summed E-state index contributed by atoms with van der Waals surface area (Å²) < 4.78 is 10.5. The van der Waals surface area contributed by atoms with Gasteiger partial charge in [0.2, 0.25) is 0 Å². The zero-order valence-electron chi connectivity index (χ0n) is 13.0. The molecule has 0 spiro atoms. The molecular weight excluding hydrogens is 312 g/mol. The van der Waals surface area contributed by atoms with Crippen LogP contribution in [0.4, 0.5) is 10.5 Å². The zero-order chi connectivity index (χ0) is 16.8. The van der Waals surface area contributed by atoms with E-state index in [2.05, 4.69) is 15.2 Å². The van der Waals surface area contributed by atoms with Crippen molar-refractivity contribution >= 4 is 28.6 Å². The summed E-state index contributed by atoms with van der Waals surface area (Å²) in [6.07, 6.45) is 1.16. The summed E-state index contributed by atoms with van der Waals surface area (Å²) in [6.45, 7) is 1.25. The number of carbonyl (C=O) groups excluding carboxylic acids is 2. The van der Waals surface area contributed by atoms with Gasteiger partial charge >= 0.3 is 6.09 Å². The molecule has 1 aromatic carbocycles. The topological polar surface area (TPSA) is 107 Å². The van der Waals surface area contributed by atoms with Gasteiger partial charge < -0.3 is 25.4 Å². The molecule has 2 saturated heterocycles. The van der Waals surface area contributed by atoms with Gasteiger partial charge in [-0.2, -0.15) is 0 Å². The molecule has 124 valence electrons. The SMILES string of the molecule is COc1cc2c(N3C[C@@H]4OC(=O)N[C@@H]4C3)ccnc2cc1C(N)=O. The van der Waals surface area contributed by atoms with Crippen LogP contribution in [0.2, 0.25) is 0 Å². The van der Waals surface area contributed by atoms with E-state index < -0.39 is 5.91 Å². The summed E-state index contributed by atoms with van der Waals surface area (Å²) in [5.74, 6) is -0.152. The lowest BCUT2D eigenvalue weighted by molar-refractivity contribution is 0.0997. The lowest BCUT2D eigenvalue weighted by atomic mass is 10.1. The number of alkyl carbamates (subject to hydrolysis) is 1. The zero-order valence-corrected chi connectivity index (χ0v) is 13.0. The molecule has 2 atom stereocenters. The predicted molar refractivity (Wildman–Crippen MR) is 86.2 cm³/mol. The maximum atomic E-state index is 11.6. The number of anilines is 1. The van der Waals surface area contributed by atoms with E-state index in [1.165, 1.54) is 7.11 Å². The van der Waals surface area contributed by atoms with E-state index in [1.807, 2.05) is 6.07 Å². The number of hydrogen-bond donors (Lipinski definition) is 2. The number of nitrogens with two attached hydrogens (primary N) is 1. The Morgan fingerprint density at radius 1 is 1.46 bits per heavy atom. The number of benzene rings is 1. The Kier molecular flexibility index (Phi) is 3.19. The molecule has 8 nitrogen and oxygen atoms in total. The predicted octanol–water partition coefficient (Wildman–Crippen LogP) is 0.639. The van der Waals surface area contributed by atoms with Crippen molar-refractivity contribution in [3.8, 4) is 5.75 Å². The lowest BCUT2D eigenvalue weighted by Gasteiger charge is -2.21. The Morgan fingerprint density at radius 3 is 3.00 bits per heavy atom. The fourth-order valence-electron chi connectivity index (χ4n) is 3.35. The number of pyridine rings is 1. The van der Waals surface area contributed by atoms with Gasteiger partial charge in [0.1, 0.15) is 11.9 Å². The van der Waals surface area contributed by atoms with E-state index in [9.17, 15) is 9.59 Å². The van der Waals surface area contributed by atoms with Crippen molar-refractivity contribution in [2.45, 2.75) is 12.1 Å². The molecule has 0 radical (unpaired) electrons. The van der Waals surface area contributed by atoms with E-state index in [1.54, 1.807) is 18.3 Å². The van der Waals surface area contributed by atoms with Crippen LogP contribution in [0.1, 0.15) is 10.4 Å². The summed E-state index contributed by atoms with van der Waals surface area (Å²) in [5.41, 5.74) is 7.30. The Morgan fingerprint density at radius 2 is 2.29 bits per heavy atom. The highest BCUT2D eigenvalue weighted by atomic mass is 16.6. The summed E-state index contributed by atoms with van der Waals surface area (Å²) in [5, 5.41) is 3.66. The van der Waals surface area contributed by atoms with Crippen LogP contribution in [0, 0.1) is 0 Å². The van der Waals surface area contributed by atoms with Crippen molar-refractivity contribution in [1.82, 2.24) is 10.3 Å². The van der Waals surface area contributed by atoms with Crippen molar-refractivity contribution in [3.63, 3.8) is 0 Å². The molecule has 3 N–H and O–H groups in total. The second-order valence-electron chi connectivity index (χ2n) is 5.86. The first-order valence-electron chi connectivity index (χ1n) is 7.55. The average molecular weight is 328 g/mol. The van der Waals surface area contributed by atoms with Crippen molar-refractivity contribution in [2.75, 3.05) is 25.1 Å². The van der Waals surface area contributed by atoms with Crippen LogP contribution in [0.15, 0.2) is 24.4 Å². The molecule has 0 aliphatic carbocycles. The second-order valence-corrected chi connectivity index (χ2v) is 5.86. The number of methoxy groups -OCH3 is 1. The van der Waals surface area contributed by atoms with Gasteiger partial charge in [-0.15, -0.1) is 0 Å². The van der Waals surface area contributed by atoms with Crippen LogP contribution in [0.3, 0.4) is 0 Å². The van der Waals surface area contributed by atoms with E-state index in [0.29, 0.717) is 29.9 Å². The molecule has 2 aromatic rings. The highest BCUT2D eigenvalue weighted by Crippen LogP contribution is 2.34. The number of rotatable bonds is 3. The largest absolute Gasteiger partial charge is 0.496 e. The minimum absolute atomic E-state index is 0.0208. The minimum Gasteiger partial charge on any atom is -0.496 e. The fraction of sp³-hybridized carbons (Fsp3) is 0.312. The smallest absolute Gasteiger partial charge is 0.407 e. The molecule has 24 heavy (non-hydrogen) atoms. The highest BCUT2D eigenvalue weighted by molar-refractivity contribution is 6.02. The number of primary amides is 1. The van der Waals surface area contributed by atoms with Gasteiger partial charge in [0.25, 0.3) is 5.91 Å². The summed E-state index contributed by atoms with van der Waals surface area (Å²) in [7, 11) is 1.49. The van der Waals surface area contributed by atoms with E-state index in [-0.39, 0.29) is 18.2 Å². The molecule has 0 saturated carbocycles. The molecule has 0 bridgehead atoms. The third-order valence-corrected chi connectivity index (χ3v) is 4.47. The van der Waals surface area contributed by atoms with Gasteiger partial charge in [0.05, 0.1) is 30.8 Å². The maximum absolute atomic E-state index is 11.6. The van der Waals surface area contributed by atoms with Crippen LogP contribution < -0.4 is 20.7 Å². The molecular formula is C16H16N4O4.